The molecule has 0 radical (unpaired) electrons. The number of thioether (sulfide) groups is 1. The molecule has 2 N–H and O–H groups in total. The van der Waals surface area contributed by atoms with E-state index in [-0.39, 0.29) is 35.9 Å². The molecule has 1 aliphatic carbocycles. The number of ether oxygens (including phenoxy) is 1. The van der Waals surface area contributed by atoms with Crippen LogP contribution in [0.4, 0.5) is 0 Å². The van der Waals surface area contributed by atoms with E-state index < -0.39 is 16.8 Å². The van der Waals surface area contributed by atoms with Gasteiger partial charge in [0.1, 0.15) is 11.4 Å². The van der Waals surface area contributed by atoms with Crippen LogP contribution in [0.3, 0.4) is 0 Å². The van der Waals surface area contributed by atoms with Crippen LogP contribution in [0, 0.1) is 12.8 Å². The van der Waals surface area contributed by atoms with Crippen molar-refractivity contribution in [2.75, 3.05) is 0 Å². The molecular formula is C30H38O5S. The van der Waals surface area contributed by atoms with E-state index in [1.54, 1.807) is 12.1 Å². The summed E-state index contributed by atoms with van der Waals surface area (Å²) in [6.45, 7) is 8.17. The van der Waals surface area contributed by atoms with Crippen molar-refractivity contribution in [3.05, 3.63) is 58.7 Å². The van der Waals surface area contributed by atoms with Gasteiger partial charge in [0.2, 0.25) is 0 Å². The number of rotatable bonds is 7. The molecule has 2 aromatic carbocycles. The summed E-state index contributed by atoms with van der Waals surface area (Å²) in [6, 6.07) is 11.1. The molecule has 1 heterocycles. The zero-order valence-electron chi connectivity index (χ0n) is 21.8. The number of hydrogen-bond donors (Lipinski definition) is 2. The van der Waals surface area contributed by atoms with Crippen molar-refractivity contribution < 1.29 is 24.5 Å². The SMILES string of the molecule is Cc1cc(SC2C(=O)C[C@@](CCc3cccc(O)c3)(C3CCCC3)OC2=O)c(C(C)(C)C)cc1CO. The zero-order chi connectivity index (χ0) is 26.1. The number of ketones is 1. The Morgan fingerprint density at radius 3 is 2.44 bits per heavy atom. The Bertz CT molecular complexity index is 1110. The number of phenols is 1. The van der Waals surface area contributed by atoms with Crippen LogP contribution in [0.15, 0.2) is 41.3 Å². The van der Waals surface area contributed by atoms with Gasteiger partial charge >= 0.3 is 5.97 Å². The number of carbonyl (C=O) groups is 2. The van der Waals surface area contributed by atoms with Crippen LogP contribution in [0.2, 0.25) is 0 Å². The Kier molecular flexibility index (Phi) is 7.86. The number of Topliss-reactive ketones (excluding diaryl/α,β-unsaturated/α-hetero) is 1. The van der Waals surface area contributed by atoms with Gasteiger partial charge < -0.3 is 14.9 Å². The third-order valence-corrected chi connectivity index (χ3v) is 9.07. The molecule has 6 heteroatoms. The van der Waals surface area contributed by atoms with Gasteiger partial charge in [0.05, 0.1) is 6.61 Å². The van der Waals surface area contributed by atoms with Crippen LogP contribution in [-0.2, 0) is 32.8 Å². The highest BCUT2D eigenvalue weighted by Crippen LogP contribution is 2.47. The largest absolute Gasteiger partial charge is 0.508 e. The smallest absolute Gasteiger partial charge is 0.327 e. The van der Waals surface area contributed by atoms with E-state index >= 15 is 0 Å². The first kappa shape index (κ1) is 26.7. The van der Waals surface area contributed by atoms with E-state index in [2.05, 4.69) is 20.8 Å². The zero-order valence-corrected chi connectivity index (χ0v) is 22.6. The number of aliphatic hydroxyl groups is 1. The molecule has 1 saturated heterocycles. The number of phenolic OH excluding ortho intramolecular Hbond substituents is 1. The lowest BCUT2D eigenvalue weighted by molar-refractivity contribution is -0.177. The number of aliphatic hydroxyl groups excluding tert-OH is 1. The fourth-order valence-corrected chi connectivity index (χ4v) is 7.07. The minimum Gasteiger partial charge on any atom is -0.508 e. The van der Waals surface area contributed by atoms with Crippen molar-refractivity contribution in [2.24, 2.45) is 5.92 Å². The summed E-state index contributed by atoms with van der Waals surface area (Å²) < 4.78 is 6.28. The first-order valence-electron chi connectivity index (χ1n) is 13.0. The maximum atomic E-state index is 13.6. The Labute approximate surface area is 218 Å². The lowest BCUT2D eigenvalue weighted by Gasteiger charge is -2.43. The summed E-state index contributed by atoms with van der Waals surface area (Å²) in [5, 5.41) is 18.7. The molecule has 4 rings (SSSR count). The molecule has 2 aliphatic rings. The fourth-order valence-electron chi connectivity index (χ4n) is 5.72. The molecule has 5 nitrogen and oxygen atoms in total. The van der Waals surface area contributed by atoms with Crippen LogP contribution in [-0.4, -0.2) is 32.8 Å². The maximum absolute atomic E-state index is 13.6. The minimum atomic E-state index is -0.888. The lowest BCUT2D eigenvalue weighted by Crippen LogP contribution is -2.53. The number of aryl methyl sites for hydroxylation is 2. The highest BCUT2D eigenvalue weighted by Gasteiger charge is 2.52. The van der Waals surface area contributed by atoms with Crippen molar-refractivity contribution in [2.45, 2.75) is 100 Å². The molecular weight excluding hydrogens is 472 g/mol. The second-order valence-corrected chi connectivity index (χ2v) is 12.6. The van der Waals surface area contributed by atoms with Gasteiger partial charge in [-0.1, -0.05) is 51.8 Å². The van der Waals surface area contributed by atoms with E-state index in [9.17, 15) is 19.8 Å². The first-order valence-corrected chi connectivity index (χ1v) is 13.9. The standard InChI is InChI=1S/C30H38O5S/c1-19-14-26(24(29(2,3)4)16-21(19)18-31)36-27-25(33)17-30(35-28(27)34,22-9-5-6-10-22)13-12-20-8-7-11-23(32)15-20/h7-8,11,14-16,22,27,31-32H,5-6,9-10,12-13,17-18H2,1-4H3/t27?,30-/m0/s1. The van der Waals surface area contributed by atoms with E-state index in [1.807, 2.05) is 31.2 Å². The summed E-state index contributed by atoms with van der Waals surface area (Å²) in [5.74, 6) is -0.108. The molecule has 2 fully saturated rings. The monoisotopic (exact) mass is 510 g/mol. The molecule has 0 spiro atoms. The third-order valence-electron chi connectivity index (χ3n) is 7.79. The first-order chi connectivity index (χ1) is 17.0. The topological polar surface area (TPSA) is 83.8 Å². The summed E-state index contributed by atoms with van der Waals surface area (Å²) in [4.78, 5) is 28.0. The number of aromatic hydroxyl groups is 1. The van der Waals surface area contributed by atoms with Gasteiger partial charge in [-0.15, -0.1) is 11.8 Å². The molecule has 194 valence electrons. The van der Waals surface area contributed by atoms with E-state index in [1.165, 1.54) is 11.8 Å². The van der Waals surface area contributed by atoms with Gasteiger partial charge in [-0.05, 0) is 84.4 Å². The highest BCUT2D eigenvalue weighted by molar-refractivity contribution is 8.01. The molecule has 2 atom stereocenters. The summed E-state index contributed by atoms with van der Waals surface area (Å²) in [7, 11) is 0. The molecule has 0 amide bonds. The van der Waals surface area contributed by atoms with E-state index in [0.29, 0.717) is 12.8 Å². The van der Waals surface area contributed by atoms with Crippen molar-refractivity contribution in [3.8, 4) is 5.75 Å². The van der Waals surface area contributed by atoms with Crippen LogP contribution in [0.5, 0.6) is 5.75 Å². The van der Waals surface area contributed by atoms with Crippen molar-refractivity contribution in [1.29, 1.82) is 0 Å². The number of carbonyl (C=O) groups excluding carboxylic acids is 2. The summed E-state index contributed by atoms with van der Waals surface area (Å²) in [5.41, 5.74) is 2.79. The quantitative estimate of drug-likeness (QED) is 0.350. The number of cyclic esters (lactones) is 1. The fraction of sp³-hybridized carbons (Fsp3) is 0.533. The average molecular weight is 511 g/mol. The molecule has 1 saturated carbocycles. The minimum absolute atomic E-state index is 0.0483. The van der Waals surface area contributed by atoms with Crippen molar-refractivity contribution in [3.63, 3.8) is 0 Å². The third kappa shape index (κ3) is 5.65. The molecule has 1 unspecified atom stereocenters. The lowest BCUT2D eigenvalue weighted by atomic mass is 9.76. The summed E-state index contributed by atoms with van der Waals surface area (Å²) in [6.07, 6.45) is 5.57. The Balaban J connectivity index is 1.59. The average Bonchev–Trinajstić information content (AvgIpc) is 3.35. The molecule has 2 aromatic rings. The predicted octanol–water partition coefficient (Wildman–Crippen LogP) is 6.03. The molecule has 36 heavy (non-hydrogen) atoms. The van der Waals surface area contributed by atoms with Crippen molar-refractivity contribution in [1.82, 2.24) is 0 Å². The molecule has 0 aromatic heterocycles. The van der Waals surface area contributed by atoms with Gasteiger partial charge in [0, 0.05) is 11.3 Å². The highest BCUT2D eigenvalue weighted by atomic mass is 32.2. The second-order valence-electron chi connectivity index (χ2n) is 11.5. The van der Waals surface area contributed by atoms with Gasteiger partial charge in [0.25, 0.3) is 0 Å². The number of esters is 1. The van der Waals surface area contributed by atoms with Gasteiger partial charge in [0.15, 0.2) is 11.0 Å². The van der Waals surface area contributed by atoms with Crippen LogP contribution in [0.25, 0.3) is 0 Å². The van der Waals surface area contributed by atoms with Crippen LogP contribution in [0.1, 0.15) is 81.5 Å². The Hall–Kier alpha value is -2.31. The Morgan fingerprint density at radius 1 is 1.11 bits per heavy atom. The van der Waals surface area contributed by atoms with Crippen molar-refractivity contribution >= 4 is 23.5 Å². The van der Waals surface area contributed by atoms with Gasteiger partial charge in [-0.2, -0.15) is 0 Å². The predicted molar refractivity (Wildman–Crippen MR) is 142 cm³/mol. The van der Waals surface area contributed by atoms with Gasteiger partial charge in [-0.25, -0.2) is 0 Å². The normalized spacial score (nSPS) is 23.2. The number of benzene rings is 2. The van der Waals surface area contributed by atoms with E-state index in [4.69, 9.17) is 4.74 Å². The maximum Gasteiger partial charge on any atom is 0.327 e. The van der Waals surface area contributed by atoms with E-state index in [0.717, 1.165) is 52.8 Å². The Morgan fingerprint density at radius 2 is 1.83 bits per heavy atom. The van der Waals surface area contributed by atoms with Crippen LogP contribution < -0.4 is 0 Å². The summed E-state index contributed by atoms with van der Waals surface area (Å²) >= 11 is 1.29. The van der Waals surface area contributed by atoms with Gasteiger partial charge in [-0.3, -0.25) is 9.59 Å². The second kappa shape index (κ2) is 10.6. The molecule has 0 bridgehead atoms. The molecule has 1 aliphatic heterocycles. The number of hydrogen-bond acceptors (Lipinski definition) is 6. The van der Waals surface area contributed by atoms with Crippen LogP contribution >= 0.6 is 11.8 Å².